The number of carbonyl (C=O) groups excluding carboxylic acids is 1. The van der Waals surface area contributed by atoms with Gasteiger partial charge in [-0.15, -0.1) is 11.3 Å². The van der Waals surface area contributed by atoms with Crippen LogP contribution in [0.25, 0.3) is 21.2 Å². The molecule has 0 aliphatic rings. The quantitative estimate of drug-likeness (QED) is 0.754. The van der Waals surface area contributed by atoms with E-state index in [1.807, 2.05) is 29.6 Å². The molecule has 2 aromatic heterocycles. The first-order chi connectivity index (χ1) is 10.2. The van der Waals surface area contributed by atoms with Crippen LogP contribution in [0.5, 0.6) is 0 Å². The highest BCUT2D eigenvalue weighted by molar-refractivity contribution is 7.17. The predicted octanol–water partition coefficient (Wildman–Crippen LogP) is 3.24. The molecule has 3 aromatic rings. The minimum Gasteiger partial charge on any atom is -0.465 e. The number of carbonyl (C=O) groups is 1. The number of hydrogen-bond acceptors (Lipinski definition) is 5. The van der Waals surface area contributed by atoms with Crippen molar-refractivity contribution in [3.05, 3.63) is 53.2 Å². The van der Waals surface area contributed by atoms with Crippen LogP contribution in [0.1, 0.15) is 16.1 Å². The van der Waals surface area contributed by atoms with E-state index in [-0.39, 0.29) is 6.61 Å². The number of fused-ring (bicyclic) bond motifs is 1. The monoisotopic (exact) mass is 299 g/mol. The molecule has 4 nitrogen and oxygen atoms in total. The van der Waals surface area contributed by atoms with Crippen LogP contribution in [0.15, 0.2) is 41.9 Å². The first-order valence-corrected chi connectivity index (χ1v) is 7.26. The fourth-order valence-corrected chi connectivity index (χ4v) is 3.00. The van der Waals surface area contributed by atoms with Gasteiger partial charge in [-0.3, -0.25) is 4.98 Å². The zero-order chi connectivity index (χ0) is 14.8. The van der Waals surface area contributed by atoms with Crippen molar-refractivity contribution in [1.29, 1.82) is 0 Å². The maximum absolute atomic E-state index is 11.6. The number of benzene rings is 1. The summed E-state index contributed by atoms with van der Waals surface area (Å²) < 4.78 is 5.91. The van der Waals surface area contributed by atoms with E-state index in [9.17, 15) is 9.90 Å². The second-order valence-electron chi connectivity index (χ2n) is 4.54. The van der Waals surface area contributed by atoms with E-state index in [0.717, 1.165) is 16.5 Å². The number of ether oxygens (including phenoxy) is 1. The molecule has 1 N–H and O–H groups in total. The topological polar surface area (TPSA) is 59.4 Å². The van der Waals surface area contributed by atoms with Gasteiger partial charge in [0.25, 0.3) is 0 Å². The largest absolute Gasteiger partial charge is 0.465 e. The second kappa shape index (κ2) is 5.63. The number of aliphatic hydroxyl groups excluding tert-OH is 1. The molecular weight excluding hydrogens is 286 g/mol. The summed E-state index contributed by atoms with van der Waals surface area (Å²) in [5, 5.41) is 12.6. The van der Waals surface area contributed by atoms with Crippen LogP contribution >= 0.6 is 11.3 Å². The van der Waals surface area contributed by atoms with Crippen LogP contribution in [0.4, 0.5) is 0 Å². The number of thiophene rings is 1. The molecule has 21 heavy (non-hydrogen) atoms. The van der Waals surface area contributed by atoms with Crippen molar-refractivity contribution in [2.45, 2.75) is 6.61 Å². The number of nitrogens with zero attached hydrogens (tertiary/aromatic N) is 1. The third-order valence-electron chi connectivity index (χ3n) is 3.30. The molecule has 0 saturated carbocycles. The molecule has 0 radical (unpaired) electrons. The average Bonchev–Trinajstić information content (AvgIpc) is 3.01. The molecule has 1 aromatic carbocycles. The van der Waals surface area contributed by atoms with Gasteiger partial charge >= 0.3 is 5.97 Å². The van der Waals surface area contributed by atoms with E-state index in [4.69, 9.17) is 4.74 Å². The van der Waals surface area contributed by atoms with Gasteiger partial charge in [0, 0.05) is 16.5 Å². The smallest absolute Gasteiger partial charge is 0.339 e. The summed E-state index contributed by atoms with van der Waals surface area (Å²) >= 11 is 1.67. The summed E-state index contributed by atoms with van der Waals surface area (Å²) in [6.45, 7) is -0.182. The Kier molecular flexibility index (Phi) is 3.68. The van der Waals surface area contributed by atoms with Crippen molar-refractivity contribution in [3.8, 4) is 11.1 Å². The lowest BCUT2D eigenvalue weighted by molar-refractivity contribution is 0.0600. The van der Waals surface area contributed by atoms with Crippen molar-refractivity contribution in [2.24, 2.45) is 0 Å². The van der Waals surface area contributed by atoms with Crippen LogP contribution in [-0.4, -0.2) is 23.2 Å². The second-order valence-corrected chi connectivity index (χ2v) is 5.49. The summed E-state index contributed by atoms with van der Waals surface area (Å²) in [7, 11) is 1.33. The summed E-state index contributed by atoms with van der Waals surface area (Å²) in [4.78, 5) is 15.8. The normalized spacial score (nSPS) is 10.8. The number of aliphatic hydroxyl groups is 1. The third kappa shape index (κ3) is 2.53. The van der Waals surface area contributed by atoms with Gasteiger partial charge in [-0.25, -0.2) is 4.79 Å². The Hall–Kier alpha value is -2.24. The molecule has 5 heteroatoms. The van der Waals surface area contributed by atoms with Gasteiger partial charge < -0.3 is 9.84 Å². The molecule has 0 spiro atoms. The zero-order valence-corrected chi connectivity index (χ0v) is 12.2. The standard InChI is InChI=1S/C16H13NO3S/c1-20-16(19)12-7-13(14(9-18)17-8-12)10-2-3-15-11(6-10)4-5-21-15/h2-8,18H,9H2,1H3. The average molecular weight is 299 g/mol. The Bertz CT molecular complexity index is 810. The molecule has 0 unspecified atom stereocenters. The third-order valence-corrected chi connectivity index (χ3v) is 4.20. The lowest BCUT2D eigenvalue weighted by Crippen LogP contribution is -2.04. The molecule has 0 saturated heterocycles. The van der Waals surface area contributed by atoms with Crippen molar-refractivity contribution in [1.82, 2.24) is 4.98 Å². The Morgan fingerprint density at radius 3 is 2.95 bits per heavy atom. The fraction of sp³-hybridized carbons (Fsp3) is 0.125. The molecule has 0 bridgehead atoms. The summed E-state index contributed by atoms with van der Waals surface area (Å²) in [5.41, 5.74) is 2.57. The number of methoxy groups -OCH3 is 1. The number of hydrogen-bond donors (Lipinski definition) is 1. The Morgan fingerprint density at radius 1 is 1.33 bits per heavy atom. The minimum absolute atomic E-state index is 0.182. The fourth-order valence-electron chi connectivity index (χ4n) is 2.23. The highest BCUT2D eigenvalue weighted by Crippen LogP contribution is 2.29. The molecule has 2 heterocycles. The van der Waals surface area contributed by atoms with Gasteiger partial charge in [0.05, 0.1) is 25.0 Å². The van der Waals surface area contributed by atoms with Crippen LogP contribution in [0.2, 0.25) is 0 Å². The number of esters is 1. The molecule has 0 aliphatic carbocycles. The summed E-state index contributed by atoms with van der Waals surface area (Å²) in [6.07, 6.45) is 1.42. The molecule has 3 rings (SSSR count). The maximum atomic E-state index is 11.6. The van der Waals surface area contributed by atoms with Crippen molar-refractivity contribution < 1.29 is 14.6 Å². The maximum Gasteiger partial charge on any atom is 0.339 e. The van der Waals surface area contributed by atoms with E-state index < -0.39 is 5.97 Å². The molecule has 106 valence electrons. The predicted molar refractivity (Wildman–Crippen MR) is 82.3 cm³/mol. The van der Waals surface area contributed by atoms with Crippen molar-refractivity contribution >= 4 is 27.4 Å². The number of pyridine rings is 1. The van der Waals surface area contributed by atoms with Gasteiger partial charge in [-0.2, -0.15) is 0 Å². The number of aromatic nitrogens is 1. The van der Waals surface area contributed by atoms with E-state index in [1.165, 1.54) is 18.0 Å². The van der Waals surface area contributed by atoms with Gasteiger partial charge in [0.1, 0.15) is 0 Å². The molecule has 0 fully saturated rings. The Balaban J connectivity index is 2.16. The lowest BCUT2D eigenvalue weighted by Gasteiger charge is -2.09. The van der Waals surface area contributed by atoms with E-state index in [1.54, 1.807) is 17.4 Å². The Morgan fingerprint density at radius 2 is 2.19 bits per heavy atom. The molecule has 0 amide bonds. The molecular formula is C16H13NO3S. The number of rotatable bonds is 3. The summed E-state index contributed by atoms with van der Waals surface area (Å²) in [5.74, 6) is -0.440. The van der Waals surface area contributed by atoms with E-state index in [0.29, 0.717) is 11.3 Å². The highest BCUT2D eigenvalue weighted by atomic mass is 32.1. The van der Waals surface area contributed by atoms with Crippen LogP contribution < -0.4 is 0 Å². The van der Waals surface area contributed by atoms with Crippen molar-refractivity contribution in [2.75, 3.05) is 7.11 Å². The highest BCUT2D eigenvalue weighted by Gasteiger charge is 2.13. The zero-order valence-electron chi connectivity index (χ0n) is 11.4. The van der Waals surface area contributed by atoms with E-state index in [2.05, 4.69) is 4.98 Å². The van der Waals surface area contributed by atoms with Crippen molar-refractivity contribution in [3.63, 3.8) is 0 Å². The lowest BCUT2D eigenvalue weighted by atomic mass is 10.0. The minimum atomic E-state index is -0.440. The van der Waals surface area contributed by atoms with Crippen LogP contribution in [-0.2, 0) is 11.3 Å². The van der Waals surface area contributed by atoms with E-state index >= 15 is 0 Å². The SMILES string of the molecule is COC(=O)c1cnc(CO)c(-c2ccc3sccc3c2)c1. The summed E-state index contributed by atoms with van der Waals surface area (Å²) in [6, 6.07) is 9.78. The van der Waals surface area contributed by atoms with Crippen LogP contribution in [0.3, 0.4) is 0 Å². The van der Waals surface area contributed by atoms with Gasteiger partial charge in [-0.05, 0) is 40.6 Å². The van der Waals surface area contributed by atoms with Gasteiger partial charge in [-0.1, -0.05) is 6.07 Å². The first kappa shape index (κ1) is 13.7. The molecule has 0 atom stereocenters. The first-order valence-electron chi connectivity index (χ1n) is 6.38. The molecule has 0 aliphatic heterocycles. The Labute approximate surface area is 125 Å². The van der Waals surface area contributed by atoms with Gasteiger partial charge in [0.2, 0.25) is 0 Å². The van der Waals surface area contributed by atoms with Gasteiger partial charge in [0.15, 0.2) is 0 Å². The van der Waals surface area contributed by atoms with Crippen LogP contribution in [0, 0.1) is 0 Å².